The number of halogens is 1. The van der Waals surface area contributed by atoms with Crippen molar-refractivity contribution in [1.82, 2.24) is 10.2 Å². The summed E-state index contributed by atoms with van der Waals surface area (Å²) in [4.78, 5) is 12.8. The minimum absolute atomic E-state index is 0.0970. The van der Waals surface area contributed by atoms with E-state index in [2.05, 4.69) is 38.0 Å². The number of hydrogen-bond donors (Lipinski definition) is 1. The van der Waals surface area contributed by atoms with Gasteiger partial charge in [-0.3, -0.25) is 14.4 Å². The van der Waals surface area contributed by atoms with E-state index in [9.17, 15) is 13.2 Å². The van der Waals surface area contributed by atoms with Gasteiger partial charge in [-0.25, -0.2) is 8.42 Å². The first kappa shape index (κ1) is 22.5. The second-order valence-corrected chi connectivity index (χ2v) is 10.8. The zero-order valence-corrected chi connectivity index (χ0v) is 19.6. The summed E-state index contributed by atoms with van der Waals surface area (Å²) in [6.07, 6.45) is 1.74. The van der Waals surface area contributed by atoms with Gasteiger partial charge in [-0.2, -0.15) is 0 Å². The summed E-state index contributed by atoms with van der Waals surface area (Å²) >= 11 is 6.00. The highest BCUT2D eigenvalue weighted by Gasteiger charge is 2.27. The molecule has 0 bridgehead atoms. The molecule has 1 aromatic heterocycles. The zero-order valence-electron chi connectivity index (χ0n) is 15.6. The molecule has 0 unspecified atom stereocenters. The molecule has 0 aliphatic carbocycles. The smallest absolute Gasteiger partial charge is 0.264 e. The number of nitrogens with one attached hydrogen (secondary N) is 1. The van der Waals surface area contributed by atoms with Crippen molar-refractivity contribution in [3.8, 4) is 0 Å². The Labute approximate surface area is 191 Å². The van der Waals surface area contributed by atoms with Crippen LogP contribution in [0.5, 0.6) is 0 Å². The van der Waals surface area contributed by atoms with E-state index in [1.165, 1.54) is 35.2 Å². The van der Waals surface area contributed by atoms with Crippen LogP contribution < -0.4 is 9.62 Å². The predicted octanol–water partition coefficient (Wildman–Crippen LogP) is 4.41. The third-order valence-electron chi connectivity index (χ3n) is 3.71. The molecule has 0 radical (unpaired) electrons. The third-order valence-corrected chi connectivity index (χ3v) is 8.00. The van der Waals surface area contributed by atoms with Crippen molar-refractivity contribution < 1.29 is 13.2 Å². The molecule has 0 atom stereocenters. The Bertz CT molecular complexity index is 1120. The first-order valence-corrected chi connectivity index (χ1v) is 12.6. The number of amides is 1. The van der Waals surface area contributed by atoms with Crippen molar-refractivity contribution in [1.29, 1.82) is 0 Å². The fraction of sp³-hybridized carbons (Fsp3) is 0.105. The fourth-order valence-corrected chi connectivity index (χ4v) is 5.62. The largest absolute Gasteiger partial charge is 0.299 e. The van der Waals surface area contributed by atoms with Gasteiger partial charge in [0.1, 0.15) is 6.54 Å². The predicted molar refractivity (Wildman–Crippen MR) is 125 cm³/mol. The van der Waals surface area contributed by atoms with E-state index in [4.69, 9.17) is 0 Å². The van der Waals surface area contributed by atoms with Crippen LogP contribution in [0.2, 0.25) is 0 Å². The molecule has 0 aliphatic rings. The van der Waals surface area contributed by atoms with E-state index in [1.54, 1.807) is 48.5 Å². The number of thioether (sulfide) groups is 1. The monoisotopic (exact) mass is 524 g/mol. The molecule has 0 saturated heterocycles. The van der Waals surface area contributed by atoms with Crippen molar-refractivity contribution in [3.63, 3.8) is 0 Å². The Morgan fingerprint density at radius 1 is 1.17 bits per heavy atom. The van der Waals surface area contributed by atoms with Crippen LogP contribution in [0.15, 0.2) is 81.0 Å². The van der Waals surface area contributed by atoms with Crippen molar-refractivity contribution >= 4 is 65.8 Å². The molecule has 1 heterocycles. The molecule has 1 amide bonds. The van der Waals surface area contributed by atoms with Gasteiger partial charge < -0.3 is 0 Å². The van der Waals surface area contributed by atoms with Crippen LogP contribution in [-0.4, -0.2) is 36.8 Å². The quantitative estimate of drug-likeness (QED) is 0.253. The molecule has 3 aromatic rings. The first-order valence-electron chi connectivity index (χ1n) is 8.60. The topological polar surface area (TPSA) is 92.3 Å². The van der Waals surface area contributed by atoms with Gasteiger partial charge in [0.05, 0.1) is 10.6 Å². The maximum absolute atomic E-state index is 13.2. The number of nitrogens with zero attached hydrogens (tertiary/aromatic N) is 3. The number of benzene rings is 2. The molecule has 0 saturated carbocycles. The maximum Gasteiger partial charge on any atom is 0.264 e. The van der Waals surface area contributed by atoms with Crippen LogP contribution in [0.25, 0.3) is 0 Å². The number of sulfonamides is 1. The van der Waals surface area contributed by atoms with Crippen LogP contribution in [0.4, 0.5) is 10.8 Å². The summed E-state index contributed by atoms with van der Waals surface area (Å²) in [6.45, 7) is 3.24. The van der Waals surface area contributed by atoms with Crippen molar-refractivity contribution in [3.05, 3.63) is 71.7 Å². The summed E-state index contributed by atoms with van der Waals surface area (Å²) in [5, 5.41) is 10.8. The third kappa shape index (κ3) is 5.69. The van der Waals surface area contributed by atoms with Gasteiger partial charge in [0.15, 0.2) is 4.34 Å². The van der Waals surface area contributed by atoms with E-state index < -0.39 is 22.5 Å². The van der Waals surface area contributed by atoms with Gasteiger partial charge in [-0.1, -0.05) is 63.3 Å². The zero-order chi connectivity index (χ0) is 21.6. The van der Waals surface area contributed by atoms with Crippen LogP contribution in [0.3, 0.4) is 0 Å². The molecule has 0 spiro atoms. The number of anilines is 2. The number of aromatic nitrogens is 2. The molecule has 30 heavy (non-hydrogen) atoms. The van der Waals surface area contributed by atoms with E-state index in [0.717, 1.165) is 8.78 Å². The number of carbonyl (C=O) groups excluding carboxylic acids is 1. The summed E-state index contributed by atoms with van der Waals surface area (Å²) in [7, 11) is -3.95. The van der Waals surface area contributed by atoms with Crippen LogP contribution >= 0.6 is 39.0 Å². The summed E-state index contributed by atoms with van der Waals surface area (Å²) in [6, 6.07) is 14.7. The number of hydrogen-bond acceptors (Lipinski definition) is 7. The summed E-state index contributed by atoms with van der Waals surface area (Å²) in [5.41, 5.74) is 0.372. The molecule has 2 aromatic carbocycles. The lowest BCUT2D eigenvalue weighted by Crippen LogP contribution is -2.38. The fourth-order valence-electron chi connectivity index (χ4n) is 2.38. The highest BCUT2D eigenvalue weighted by Crippen LogP contribution is 2.27. The SMILES string of the molecule is C=CCSc1nnc(NC(=O)CN(c2ccc(Br)cc2)S(=O)(=O)c2ccccc2)s1. The second kappa shape index (κ2) is 10.2. The van der Waals surface area contributed by atoms with Gasteiger partial charge >= 0.3 is 0 Å². The molecule has 3 rings (SSSR count). The molecular formula is C19H17BrN4O3S3. The van der Waals surface area contributed by atoms with Crippen LogP contribution in [0, 0.1) is 0 Å². The first-order chi connectivity index (χ1) is 14.4. The van der Waals surface area contributed by atoms with Gasteiger partial charge in [0, 0.05) is 10.2 Å². The molecule has 11 heteroatoms. The Kier molecular flexibility index (Phi) is 7.64. The van der Waals surface area contributed by atoms with E-state index in [-0.39, 0.29) is 4.90 Å². The average molecular weight is 525 g/mol. The van der Waals surface area contributed by atoms with Gasteiger partial charge in [-0.05, 0) is 36.4 Å². The summed E-state index contributed by atoms with van der Waals surface area (Å²) in [5.74, 6) is 0.156. The number of carbonyl (C=O) groups is 1. The van der Waals surface area contributed by atoms with Crippen molar-refractivity contribution in [2.75, 3.05) is 21.9 Å². The Morgan fingerprint density at radius 2 is 1.87 bits per heavy atom. The second-order valence-electron chi connectivity index (χ2n) is 5.82. The van der Waals surface area contributed by atoms with E-state index >= 15 is 0 Å². The van der Waals surface area contributed by atoms with E-state index in [0.29, 0.717) is 20.9 Å². The molecule has 156 valence electrons. The standard InChI is InChI=1S/C19H17BrN4O3S3/c1-2-12-28-19-23-22-18(29-19)21-17(25)13-24(15-10-8-14(20)9-11-15)30(26,27)16-6-4-3-5-7-16/h2-11H,1,12-13H2,(H,21,22,25). The lowest BCUT2D eigenvalue weighted by molar-refractivity contribution is -0.114. The highest BCUT2D eigenvalue weighted by atomic mass is 79.9. The van der Waals surface area contributed by atoms with E-state index in [1.807, 2.05) is 0 Å². The highest BCUT2D eigenvalue weighted by molar-refractivity contribution is 9.10. The molecule has 0 fully saturated rings. The maximum atomic E-state index is 13.2. The van der Waals surface area contributed by atoms with Gasteiger partial charge in [0.2, 0.25) is 11.0 Å². The normalized spacial score (nSPS) is 11.1. The molecular weight excluding hydrogens is 508 g/mol. The number of rotatable bonds is 9. The Hall–Kier alpha value is -2.21. The van der Waals surface area contributed by atoms with Crippen molar-refractivity contribution in [2.24, 2.45) is 0 Å². The lowest BCUT2D eigenvalue weighted by atomic mass is 10.3. The van der Waals surface area contributed by atoms with Gasteiger partial charge in [-0.15, -0.1) is 16.8 Å². The minimum Gasteiger partial charge on any atom is -0.299 e. The lowest BCUT2D eigenvalue weighted by Gasteiger charge is -2.24. The average Bonchev–Trinajstić information content (AvgIpc) is 3.19. The minimum atomic E-state index is -3.95. The van der Waals surface area contributed by atoms with Gasteiger partial charge in [0.25, 0.3) is 10.0 Å². The van der Waals surface area contributed by atoms with Crippen LogP contribution in [0.1, 0.15) is 0 Å². The Morgan fingerprint density at radius 3 is 2.53 bits per heavy atom. The summed E-state index contributed by atoms with van der Waals surface area (Å²) < 4.78 is 29.0. The molecule has 7 nitrogen and oxygen atoms in total. The Balaban J connectivity index is 1.84. The molecule has 0 aliphatic heterocycles. The van der Waals surface area contributed by atoms with Crippen molar-refractivity contribution in [2.45, 2.75) is 9.24 Å². The van der Waals surface area contributed by atoms with Crippen LogP contribution in [-0.2, 0) is 14.8 Å². The molecule has 1 N–H and O–H groups in total.